The molecule has 0 radical (unpaired) electrons. The molecule has 1 aromatic rings. The van der Waals surface area contributed by atoms with Crippen molar-refractivity contribution < 1.29 is 8.42 Å². The van der Waals surface area contributed by atoms with Crippen molar-refractivity contribution in [3.05, 3.63) is 23.2 Å². The van der Waals surface area contributed by atoms with Gasteiger partial charge in [-0.05, 0) is 12.1 Å². The van der Waals surface area contributed by atoms with E-state index in [1.165, 1.54) is 11.8 Å². The van der Waals surface area contributed by atoms with Gasteiger partial charge >= 0.3 is 0 Å². The molecule has 0 atom stereocenters. The Kier molecular flexibility index (Phi) is 4.95. The lowest BCUT2D eigenvalue weighted by Crippen LogP contribution is -2.10. The van der Waals surface area contributed by atoms with Crippen LogP contribution in [-0.4, -0.2) is 25.7 Å². The fourth-order valence-electron chi connectivity index (χ4n) is 1.09. The van der Waals surface area contributed by atoms with Crippen molar-refractivity contribution in [2.24, 2.45) is 0 Å². The Balaban J connectivity index is 2.62. The molecule has 6 heteroatoms. The summed E-state index contributed by atoms with van der Waals surface area (Å²) in [6, 6.07) is 5.27. The average Bonchev–Trinajstić information content (AvgIpc) is 2.22. The van der Waals surface area contributed by atoms with E-state index in [2.05, 4.69) is 0 Å². The van der Waals surface area contributed by atoms with Crippen LogP contribution in [0.25, 0.3) is 0 Å². The maximum absolute atomic E-state index is 11.3. The number of nitrogens with two attached hydrogens (primary N) is 1. The lowest BCUT2D eigenvalue weighted by Gasteiger charge is -2.07. The van der Waals surface area contributed by atoms with E-state index < -0.39 is 9.84 Å². The summed E-state index contributed by atoms with van der Waals surface area (Å²) < 4.78 is 22.6. The fraction of sp³-hybridized carbons (Fsp3) is 0.400. The summed E-state index contributed by atoms with van der Waals surface area (Å²) >= 11 is 7.34. The summed E-state index contributed by atoms with van der Waals surface area (Å²) in [6.07, 6.45) is 0. The second kappa shape index (κ2) is 5.80. The molecule has 1 aromatic carbocycles. The molecule has 0 aromatic heterocycles. The van der Waals surface area contributed by atoms with Gasteiger partial charge in [0.25, 0.3) is 0 Å². The Bertz CT molecular complexity index is 440. The Hall–Kier alpha value is -0.390. The first-order valence-corrected chi connectivity index (χ1v) is 8.02. The molecule has 0 bridgehead atoms. The highest BCUT2D eigenvalue weighted by Gasteiger charge is 2.10. The number of hydrogen-bond acceptors (Lipinski definition) is 4. The maximum Gasteiger partial charge on any atom is 0.150 e. The Morgan fingerprint density at radius 1 is 1.44 bits per heavy atom. The molecule has 0 aliphatic heterocycles. The molecule has 0 unspecified atom stereocenters. The molecule has 0 amide bonds. The van der Waals surface area contributed by atoms with E-state index in [-0.39, 0.29) is 11.5 Å². The van der Waals surface area contributed by atoms with Gasteiger partial charge in [-0.3, -0.25) is 0 Å². The summed E-state index contributed by atoms with van der Waals surface area (Å²) in [4.78, 5) is 0.760. The summed E-state index contributed by atoms with van der Waals surface area (Å²) in [5.74, 6) is 0.800. The van der Waals surface area contributed by atoms with Crippen molar-refractivity contribution >= 4 is 38.9 Å². The third-order valence-electron chi connectivity index (χ3n) is 2.08. The molecule has 2 N–H and O–H groups in total. The van der Waals surface area contributed by atoms with Crippen LogP contribution in [0.1, 0.15) is 6.92 Å². The van der Waals surface area contributed by atoms with E-state index in [0.717, 1.165) is 4.90 Å². The average molecular weight is 280 g/mol. The largest absolute Gasteiger partial charge is 0.398 e. The van der Waals surface area contributed by atoms with Gasteiger partial charge in [0.1, 0.15) is 0 Å². The van der Waals surface area contributed by atoms with Crippen LogP contribution in [0.3, 0.4) is 0 Å². The number of anilines is 1. The highest BCUT2D eigenvalue weighted by atomic mass is 35.5. The van der Waals surface area contributed by atoms with Crippen LogP contribution < -0.4 is 5.73 Å². The molecule has 0 saturated heterocycles. The molecule has 0 aliphatic rings. The number of sulfone groups is 1. The number of thioether (sulfide) groups is 1. The van der Waals surface area contributed by atoms with Crippen molar-refractivity contribution in [2.45, 2.75) is 11.8 Å². The first-order valence-electron chi connectivity index (χ1n) is 4.83. The Morgan fingerprint density at radius 2 is 2.12 bits per heavy atom. The minimum absolute atomic E-state index is 0.152. The van der Waals surface area contributed by atoms with E-state index in [4.69, 9.17) is 17.3 Å². The van der Waals surface area contributed by atoms with Gasteiger partial charge in [-0.2, -0.15) is 0 Å². The van der Waals surface area contributed by atoms with E-state index >= 15 is 0 Å². The number of rotatable bonds is 5. The van der Waals surface area contributed by atoms with E-state index in [1.807, 2.05) is 0 Å². The van der Waals surface area contributed by atoms with Crippen molar-refractivity contribution in [1.29, 1.82) is 0 Å². The minimum Gasteiger partial charge on any atom is -0.398 e. The van der Waals surface area contributed by atoms with Crippen LogP contribution in [0.2, 0.25) is 5.02 Å². The van der Waals surface area contributed by atoms with Crippen LogP contribution in [0.5, 0.6) is 0 Å². The van der Waals surface area contributed by atoms with Crippen LogP contribution in [0, 0.1) is 0 Å². The van der Waals surface area contributed by atoms with E-state index in [9.17, 15) is 8.42 Å². The van der Waals surface area contributed by atoms with Gasteiger partial charge in [0.05, 0.1) is 10.8 Å². The third-order valence-corrected chi connectivity index (χ3v) is 5.62. The van der Waals surface area contributed by atoms with Crippen LogP contribution in [0.4, 0.5) is 5.69 Å². The first kappa shape index (κ1) is 13.7. The second-order valence-corrected chi connectivity index (χ2v) is 7.23. The predicted molar refractivity (Wildman–Crippen MR) is 70.9 cm³/mol. The molecule has 0 spiro atoms. The van der Waals surface area contributed by atoms with Crippen molar-refractivity contribution in [3.8, 4) is 0 Å². The standard InChI is InChI=1S/C10H14ClNO2S2/c1-2-16(13,14)7-6-15-10-8(11)4-3-5-9(10)12/h3-5H,2,6-7,12H2,1H3. The van der Waals surface area contributed by atoms with Crippen molar-refractivity contribution in [3.63, 3.8) is 0 Å². The molecule has 0 fully saturated rings. The quantitative estimate of drug-likeness (QED) is 0.664. The van der Waals surface area contributed by atoms with Crippen molar-refractivity contribution in [1.82, 2.24) is 0 Å². The number of hydrogen-bond donors (Lipinski definition) is 1. The summed E-state index contributed by atoms with van der Waals surface area (Å²) in [5, 5.41) is 0.568. The molecular weight excluding hydrogens is 266 g/mol. The molecule has 3 nitrogen and oxygen atoms in total. The van der Waals surface area contributed by atoms with Crippen molar-refractivity contribution in [2.75, 3.05) is 23.0 Å². The molecule has 90 valence electrons. The van der Waals surface area contributed by atoms with Gasteiger partial charge in [0.15, 0.2) is 9.84 Å². The Labute approximate surface area is 105 Å². The molecular formula is C10H14ClNO2S2. The highest BCUT2D eigenvalue weighted by molar-refractivity contribution is 8.01. The minimum atomic E-state index is -2.92. The summed E-state index contributed by atoms with van der Waals surface area (Å²) in [5.41, 5.74) is 6.34. The molecule has 0 heterocycles. The third kappa shape index (κ3) is 3.88. The number of benzene rings is 1. The van der Waals surface area contributed by atoms with Gasteiger partial charge in [-0.15, -0.1) is 11.8 Å². The molecule has 0 aliphatic carbocycles. The van der Waals surface area contributed by atoms with Crippen LogP contribution >= 0.6 is 23.4 Å². The van der Waals surface area contributed by atoms with Crippen LogP contribution in [-0.2, 0) is 9.84 Å². The van der Waals surface area contributed by atoms with Gasteiger partial charge in [-0.1, -0.05) is 24.6 Å². The monoisotopic (exact) mass is 279 g/mol. The fourth-order valence-corrected chi connectivity index (χ4v) is 3.72. The second-order valence-electron chi connectivity index (χ2n) is 3.24. The molecule has 0 saturated carbocycles. The smallest absolute Gasteiger partial charge is 0.150 e. The Morgan fingerprint density at radius 3 is 2.69 bits per heavy atom. The lowest BCUT2D eigenvalue weighted by atomic mass is 10.3. The normalized spacial score (nSPS) is 11.6. The molecule has 16 heavy (non-hydrogen) atoms. The first-order chi connectivity index (χ1) is 7.46. The van der Waals surface area contributed by atoms with Gasteiger partial charge in [-0.25, -0.2) is 8.42 Å². The SMILES string of the molecule is CCS(=O)(=O)CCSc1c(N)cccc1Cl. The maximum atomic E-state index is 11.3. The van der Waals surface area contributed by atoms with E-state index in [0.29, 0.717) is 16.5 Å². The van der Waals surface area contributed by atoms with Crippen LogP contribution in [0.15, 0.2) is 23.1 Å². The van der Waals surface area contributed by atoms with Gasteiger partial charge in [0.2, 0.25) is 0 Å². The van der Waals surface area contributed by atoms with Gasteiger partial charge < -0.3 is 5.73 Å². The summed E-state index contributed by atoms with van der Waals surface area (Å²) in [7, 11) is -2.92. The molecule has 1 rings (SSSR count). The highest BCUT2D eigenvalue weighted by Crippen LogP contribution is 2.32. The number of halogens is 1. The predicted octanol–water partition coefficient (Wildman–Crippen LogP) is 2.45. The zero-order chi connectivity index (χ0) is 12.2. The lowest BCUT2D eigenvalue weighted by molar-refractivity contribution is 0.599. The topological polar surface area (TPSA) is 60.2 Å². The summed E-state index contributed by atoms with van der Waals surface area (Å²) in [6.45, 7) is 1.64. The van der Waals surface area contributed by atoms with Gasteiger partial charge in [0, 0.05) is 22.1 Å². The zero-order valence-corrected chi connectivity index (χ0v) is 11.3. The number of nitrogen functional groups attached to an aromatic ring is 1. The van der Waals surface area contributed by atoms with E-state index in [1.54, 1.807) is 25.1 Å². The zero-order valence-electron chi connectivity index (χ0n) is 8.94.